The number of H-pyrrole nitrogens is 1. The van der Waals surface area contributed by atoms with Crippen molar-refractivity contribution in [3.05, 3.63) is 85.1 Å². The van der Waals surface area contributed by atoms with Gasteiger partial charge in [0.2, 0.25) is 0 Å². The van der Waals surface area contributed by atoms with Gasteiger partial charge in [0, 0.05) is 26.9 Å². The summed E-state index contributed by atoms with van der Waals surface area (Å²) in [5.74, 6) is 0.643. The predicted molar refractivity (Wildman–Crippen MR) is 108 cm³/mol. The molecule has 4 aromatic rings. The van der Waals surface area contributed by atoms with Crippen molar-refractivity contribution in [3.63, 3.8) is 0 Å². The Morgan fingerprint density at radius 2 is 1.96 bits per heavy atom. The molecule has 0 aliphatic rings. The minimum Gasteiger partial charge on any atom is -0.310 e. The summed E-state index contributed by atoms with van der Waals surface area (Å²) in [5, 5.41) is 3.30. The number of thiophene rings is 1. The number of nitrogens with zero attached hydrogens (tertiary/aromatic N) is 1. The van der Waals surface area contributed by atoms with E-state index in [4.69, 9.17) is 11.6 Å². The molecule has 0 saturated carbocycles. The largest absolute Gasteiger partial charge is 0.310 e. The van der Waals surface area contributed by atoms with Crippen LogP contribution in [0.2, 0.25) is 5.02 Å². The third-order valence-corrected chi connectivity index (χ3v) is 5.54. The molecule has 1 N–H and O–H groups in total. The molecule has 0 aliphatic heterocycles. The van der Waals surface area contributed by atoms with Crippen LogP contribution in [0.5, 0.6) is 0 Å². The molecule has 4 rings (SSSR count). The SMILES string of the molecule is O=c1[nH]c(Cc2cccc(Cl)c2)nc2scc(-c3ccc(Br)cc3)c12. The maximum atomic E-state index is 12.7. The van der Waals surface area contributed by atoms with Crippen LogP contribution in [0.15, 0.2) is 63.2 Å². The average molecular weight is 432 g/mol. The van der Waals surface area contributed by atoms with Gasteiger partial charge in [-0.1, -0.05) is 51.8 Å². The first-order valence-electron chi connectivity index (χ1n) is 7.61. The number of hydrogen-bond acceptors (Lipinski definition) is 3. The number of halogens is 2. The fourth-order valence-electron chi connectivity index (χ4n) is 2.76. The van der Waals surface area contributed by atoms with E-state index in [1.807, 2.05) is 53.9 Å². The third kappa shape index (κ3) is 3.40. The molecular formula is C19H12BrClN2OS. The lowest BCUT2D eigenvalue weighted by Crippen LogP contribution is -2.11. The number of hydrogen-bond donors (Lipinski definition) is 1. The van der Waals surface area contributed by atoms with E-state index in [1.165, 1.54) is 11.3 Å². The molecule has 2 aromatic carbocycles. The van der Waals surface area contributed by atoms with Gasteiger partial charge >= 0.3 is 0 Å². The Balaban J connectivity index is 1.77. The van der Waals surface area contributed by atoms with Crippen LogP contribution in [-0.2, 0) is 6.42 Å². The molecule has 0 saturated heterocycles. The van der Waals surface area contributed by atoms with Gasteiger partial charge in [-0.15, -0.1) is 11.3 Å². The van der Waals surface area contributed by atoms with E-state index in [9.17, 15) is 4.79 Å². The van der Waals surface area contributed by atoms with Crippen LogP contribution >= 0.6 is 38.9 Å². The summed E-state index contributed by atoms with van der Waals surface area (Å²) in [6.45, 7) is 0. The first-order chi connectivity index (χ1) is 12.1. The van der Waals surface area contributed by atoms with Crippen molar-refractivity contribution in [2.24, 2.45) is 0 Å². The second-order valence-electron chi connectivity index (χ2n) is 5.66. The lowest BCUT2D eigenvalue weighted by molar-refractivity contribution is 0.977. The molecule has 2 aromatic heterocycles. The monoisotopic (exact) mass is 430 g/mol. The van der Waals surface area contributed by atoms with Crippen LogP contribution in [0.3, 0.4) is 0 Å². The third-order valence-electron chi connectivity index (χ3n) is 3.91. The number of rotatable bonds is 3. The van der Waals surface area contributed by atoms with Crippen molar-refractivity contribution in [3.8, 4) is 11.1 Å². The highest BCUT2D eigenvalue weighted by Crippen LogP contribution is 2.31. The van der Waals surface area contributed by atoms with Crippen molar-refractivity contribution >= 4 is 49.1 Å². The van der Waals surface area contributed by atoms with Crippen molar-refractivity contribution in [1.82, 2.24) is 9.97 Å². The Morgan fingerprint density at radius 1 is 1.16 bits per heavy atom. The van der Waals surface area contributed by atoms with Crippen molar-refractivity contribution < 1.29 is 0 Å². The molecule has 0 spiro atoms. The molecule has 25 heavy (non-hydrogen) atoms. The Morgan fingerprint density at radius 3 is 2.72 bits per heavy atom. The molecule has 0 aliphatic carbocycles. The van der Waals surface area contributed by atoms with Gasteiger partial charge in [0.05, 0.1) is 5.39 Å². The van der Waals surface area contributed by atoms with E-state index >= 15 is 0 Å². The number of aromatic amines is 1. The van der Waals surface area contributed by atoms with E-state index in [0.717, 1.165) is 26.0 Å². The van der Waals surface area contributed by atoms with Crippen LogP contribution in [0.4, 0.5) is 0 Å². The fraction of sp³-hybridized carbons (Fsp3) is 0.0526. The predicted octanol–water partition coefficient (Wildman–Crippen LogP) is 5.66. The van der Waals surface area contributed by atoms with Crippen LogP contribution in [0.25, 0.3) is 21.3 Å². The molecule has 0 radical (unpaired) electrons. The molecule has 124 valence electrons. The van der Waals surface area contributed by atoms with Gasteiger partial charge in [0.1, 0.15) is 10.7 Å². The summed E-state index contributed by atoms with van der Waals surface area (Å²) >= 11 is 10.9. The number of nitrogens with one attached hydrogen (secondary N) is 1. The molecule has 0 atom stereocenters. The molecule has 3 nitrogen and oxygen atoms in total. The molecular weight excluding hydrogens is 420 g/mol. The van der Waals surface area contributed by atoms with Gasteiger partial charge in [-0.3, -0.25) is 4.79 Å². The van der Waals surface area contributed by atoms with Gasteiger partial charge < -0.3 is 4.98 Å². The normalized spacial score (nSPS) is 11.1. The lowest BCUT2D eigenvalue weighted by atomic mass is 10.1. The highest BCUT2D eigenvalue weighted by Gasteiger charge is 2.13. The lowest BCUT2D eigenvalue weighted by Gasteiger charge is -2.03. The van der Waals surface area contributed by atoms with Crippen LogP contribution < -0.4 is 5.56 Å². The van der Waals surface area contributed by atoms with Crippen LogP contribution in [0, 0.1) is 0 Å². The Labute approximate surface area is 161 Å². The van der Waals surface area contributed by atoms with Gasteiger partial charge in [0.25, 0.3) is 5.56 Å². The van der Waals surface area contributed by atoms with E-state index in [0.29, 0.717) is 22.7 Å². The smallest absolute Gasteiger partial charge is 0.260 e. The maximum absolute atomic E-state index is 12.7. The summed E-state index contributed by atoms with van der Waals surface area (Å²) in [6.07, 6.45) is 0.539. The molecule has 2 heterocycles. The van der Waals surface area contributed by atoms with Gasteiger partial charge in [-0.05, 0) is 35.4 Å². The minimum absolute atomic E-state index is 0.110. The molecule has 0 fully saturated rings. The Bertz CT molecular complexity index is 1120. The number of aromatic nitrogens is 2. The van der Waals surface area contributed by atoms with E-state index in [-0.39, 0.29) is 5.56 Å². The minimum atomic E-state index is -0.110. The zero-order valence-corrected chi connectivity index (χ0v) is 16.1. The van der Waals surface area contributed by atoms with E-state index < -0.39 is 0 Å². The summed E-state index contributed by atoms with van der Waals surface area (Å²) in [5.41, 5.74) is 2.82. The van der Waals surface area contributed by atoms with Crippen molar-refractivity contribution in [2.45, 2.75) is 6.42 Å². The first-order valence-corrected chi connectivity index (χ1v) is 9.66. The average Bonchev–Trinajstić information content (AvgIpc) is 3.00. The topological polar surface area (TPSA) is 45.8 Å². The first kappa shape index (κ1) is 16.5. The van der Waals surface area contributed by atoms with Crippen LogP contribution in [0.1, 0.15) is 11.4 Å². The van der Waals surface area contributed by atoms with E-state index in [1.54, 1.807) is 0 Å². The highest BCUT2D eigenvalue weighted by atomic mass is 79.9. The summed E-state index contributed by atoms with van der Waals surface area (Å²) in [4.78, 5) is 21.0. The molecule has 0 bridgehead atoms. The summed E-state index contributed by atoms with van der Waals surface area (Å²) in [7, 11) is 0. The van der Waals surface area contributed by atoms with Crippen LogP contribution in [-0.4, -0.2) is 9.97 Å². The summed E-state index contributed by atoms with van der Waals surface area (Å²) < 4.78 is 1.01. The highest BCUT2D eigenvalue weighted by molar-refractivity contribution is 9.10. The maximum Gasteiger partial charge on any atom is 0.260 e. The zero-order chi connectivity index (χ0) is 17.4. The zero-order valence-electron chi connectivity index (χ0n) is 12.9. The van der Waals surface area contributed by atoms with Crippen molar-refractivity contribution in [2.75, 3.05) is 0 Å². The number of fused-ring (bicyclic) bond motifs is 1. The Kier molecular flexibility index (Phi) is 4.46. The molecule has 0 unspecified atom stereocenters. The molecule has 0 amide bonds. The Hall–Kier alpha value is -1.95. The van der Waals surface area contributed by atoms with Gasteiger partial charge in [-0.25, -0.2) is 4.98 Å². The second-order valence-corrected chi connectivity index (χ2v) is 7.87. The fourth-order valence-corrected chi connectivity index (χ4v) is 4.20. The molecule has 6 heteroatoms. The van der Waals surface area contributed by atoms with E-state index in [2.05, 4.69) is 25.9 Å². The standard InChI is InChI=1S/C19H12BrClN2OS/c20-13-6-4-12(5-7-13)15-10-25-19-17(15)18(24)22-16(23-19)9-11-2-1-3-14(21)8-11/h1-8,10H,9H2,(H,22,23,24). The quantitative estimate of drug-likeness (QED) is 0.455. The van der Waals surface area contributed by atoms with Gasteiger partial charge in [0.15, 0.2) is 0 Å². The van der Waals surface area contributed by atoms with Gasteiger partial charge in [-0.2, -0.15) is 0 Å². The summed E-state index contributed by atoms with van der Waals surface area (Å²) in [6, 6.07) is 15.5. The second kappa shape index (κ2) is 6.75. The number of benzene rings is 2. The van der Waals surface area contributed by atoms with Crippen molar-refractivity contribution in [1.29, 1.82) is 0 Å².